The quantitative estimate of drug-likeness (QED) is 0.815. The van der Waals surface area contributed by atoms with Crippen molar-refractivity contribution in [2.75, 3.05) is 6.26 Å². The van der Waals surface area contributed by atoms with Gasteiger partial charge in [0.15, 0.2) is 0 Å². The number of hydrogen-bond donors (Lipinski definition) is 2. The highest BCUT2D eigenvalue weighted by molar-refractivity contribution is 8.23. The fourth-order valence-corrected chi connectivity index (χ4v) is 2.22. The van der Waals surface area contributed by atoms with E-state index in [0.29, 0.717) is 11.0 Å². The first kappa shape index (κ1) is 13.0. The first-order chi connectivity index (χ1) is 8.30. The summed E-state index contributed by atoms with van der Waals surface area (Å²) in [6, 6.07) is 3.01. The lowest BCUT2D eigenvalue weighted by atomic mass is 10.3. The van der Waals surface area contributed by atoms with Gasteiger partial charge in [-0.2, -0.15) is 4.98 Å². The smallest absolute Gasteiger partial charge is 0.252 e. The fourth-order valence-electron chi connectivity index (χ4n) is 1.71. The van der Waals surface area contributed by atoms with Gasteiger partial charge in [0.25, 0.3) is 5.56 Å². The van der Waals surface area contributed by atoms with E-state index < -0.39 is 10.6 Å². The van der Waals surface area contributed by atoms with Gasteiger partial charge >= 0.3 is 0 Å². The van der Waals surface area contributed by atoms with Crippen LogP contribution in [0.25, 0.3) is 11.0 Å². The molecule has 0 amide bonds. The third-order valence-corrected chi connectivity index (χ3v) is 3.40. The van der Waals surface area contributed by atoms with Crippen LogP contribution in [0.5, 0.6) is 0 Å². The highest BCUT2D eigenvalue weighted by atomic mass is 32.3. The van der Waals surface area contributed by atoms with Crippen molar-refractivity contribution in [1.82, 2.24) is 14.5 Å². The molecular formula is C11H15N3O3S. The Labute approximate surface area is 106 Å². The summed E-state index contributed by atoms with van der Waals surface area (Å²) in [5.74, 6) is 0. The van der Waals surface area contributed by atoms with E-state index in [1.807, 2.05) is 13.8 Å². The van der Waals surface area contributed by atoms with Crippen LogP contribution >= 0.6 is 10.6 Å². The zero-order valence-electron chi connectivity index (χ0n) is 10.4. The summed E-state index contributed by atoms with van der Waals surface area (Å²) in [5.41, 5.74) is 0.249. The number of hydrogen-bond acceptors (Lipinski definition) is 5. The zero-order chi connectivity index (χ0) is 13.5. The summed E-state index contributed by atoms with van der Waals surface area (Å²) in [5, 5.41) is 0.644. The van der Waals surface area contributed by atoms with E-state index in [1.54, 1.807) is 6.07 Å². The molecule has 2 N–H and O–H groups in total. The normalized spacial score (nSPS) is 13.2. The Balaban J connectivity index is 2.82. The first-order valence-corrected chi connectivity index (χ1v) is 7.38. The largest absolute Gasteiger partial charge is 0.292 e. The van der Waals surface area contributed by atoms with Crippen LogP contribution in [0, 0.1) is 0 Å². The average Bonchev–Trinajstić information content (AvgIpc) is 2.26. The van der Waals surface area contributed by atoms with Gasteiger partial charge in [0.2, 0.25) is 5.16 Å². The second kappa shape index (κ2) is 4.34. The summed E-state index contributed by atoms with van der Waals surface area (Å²) in [4.78, 5) is 19.9. The van der Waals surface area contributed by atoms with E-state index in [9.17, 15) is 13.9 Å². The predicted molar refractivity (Wildman–Crippen MR) is 71.2 cm³/mol. The van der Waals surface area contributed by atoms with Crippen LogP contribution < -0.4 is 5.56 Å². The van der Waals surface area contributed by atoms with E-state index in [1.165, 1.54) is 23.1 Å². The van der Waals surface area contributed by atoms with Gasteiger partial charge < -0.3 is 0 Å². The topological polar surface area (TPSA) is 88.2 Å². The Bertz CT molecular complexity index is 646. The molecule has 0 bridgehead atoms. The third-order valence-electron chi connectivity index (χ3n) is 2.51. The lowest BCUT2D eigenvalue weighted by molar-refractivity contribution is 0.484. The van der Waals surface area contributed by atoms with E-state index in [2.05, 4.69) is 9.97 Å². The van der Waals surface area contributed by atoms with E-state index in [4.69, 9.17) is 0 Å². The number of aromatic nitrogens is 3. The molecule has 0 unspecified atom stereocenters. The monoisotopic (exact) mass is 269 g/mol. The van der Waals surface area contributed by atoms with Crippen molar-refractivity contribution < 1.29 is 9.11 Å². The molecule has 0 fully saturated rings. The molecule has 98 valence electrons. The molecule has 18 heavy (non-hydrogen) atoms. The Morgan fingerprint density at radius 1 is 1.33 bits per heavy atom. The van der Waals surface area contributed by atoms with Gasteiger partial charge in [-0.25, -0.2) is 4.98 Å². The van der Waals surface area contributed by atoms with Gasteiger partial charge in [-0.3, -0.25) is 18.5 Å². The highest BCUT2D eigenvalue weighted by Crippen LogP contribution is 2.41. The second-order valence-electron chi connectivity index (χ2n) is 4.40. The lowest BCUT2D eigenvalue weighted by Gasteiger charge is -2.24. The standard InChI is InChI=1S/C11H15N3O3S/c1-7(2)14-9(15)5-4-8-6-12-11(13-10(8)14)18(3,16)17/h4-7,16-17H,1-3H3. The Kier molecular flexibility index (Phi) is 3.14. The summed E-state index contributed by atoms with van der Waals surface area (Å²) in [6.45, 7) is 3.74. The zero-order valence-corrected chi connectivity index (χ0v) is 11.2. The van der Waals surface area contributed by atoms with E-state index in [-0.39, 0.29) is 16.8 Å². The molecule has 0 saturated carbocycles. The Morgan fingerprint density at radius 2 is 2.00 bits per heavy atom. The summed E-state index contributed by atoms with van der Waals surface area (Å²) >= 11 is 0. The van der Waals surface area contributed by atoms with Gasteiger partial charge in [0.1, 0.15) is 5.65 Å². The van der Waals surface area contributed by atoms with Crippen LogP contribution in [-0.4, -0.2) is 29.9 Å². The maximum absolute atomic E-state index is 11.8. The van der Waals surface area contributed by atoms with Crippen molar-refractivity contribution in [2.24, 2.45) is 0 Å². The van der Waals surface area contributed by atoms with Crippen LogP contribution in [0.2, 0.25) is 0 Å². The Hall–Kier alpha value is -1.44. The van der Waals surface area contributed by atoms with Crippen LogP contribution in [0.3, 0.4) is 0 Å². The molecule has 2 rings (SSSR count). The molecule has 0 radical (unpaired) electrons. The van der Waals surface area contributed by atoms with Crippen LogP contribution in [0.15, 0.2) is 28.3 Å². The van der Waals surface area contributed by atoms with Crippen molar-refractivity contribution in [2.45, 2.75) is 25.0 Å². The second-order valence-corrected chi connectivity index (χ2v) is 6.43. The number of fused-ring (bicyclic) bond motifs is 1. The van der Waals surface area contributed by atoms with Crippen molar-refractivity contribution >= 4 is 21.6 Å². The first-order valence-electron chi connectivity index (χ1n) is 5.42. The van der Waals surface area contributed by atoms with E-state index >= 15 is 0 Å². The molecule has 0 aromatic carbocycles. The van der Waals surface area contributed by atoms with E-state index in [0.717, 1.165) is 0 Å². The fraction of sp³-hybridized carbons (Fsp3) is 0.364. The molecule has 0 spiro atoms. The lowest BCUT2D eigenvalue weighted by Crippen LogP contribution is -2.22. The van der Waals surface area contributed by atoms with Gasteiger partial charge in [0.05, 0.1) is 0 Å². The molecular weight excluding hydrogens is 254 g/mol. The van der Waals surface area contributed by atoms with Crippen molar-refractivity contribution in [3.8, 4) is 0 Å². The van der Waals surface area contributed by atoms with Gasteiger partial charge in [-0.05, 0) is 19.9 Å². The van der Waals surface area contributed by atoms with Crippen molar-refractivity contribution in [3.63, 3.8) is 0 Å². The number of rotatable bonds is 2. The molecule has 0 saturated heterocycles. The average molecular weight is 269 g/mol. The molecule has 6 nitrogen and oxygen atoms in total. The minimum atomic E-state index is -2.99. The van der Waals surface area contributed by atoms with Gasteiger partial charge in [-0.15, -0.1) is 10.6 Å². The highest BCUT2D eigenvalue weighted by Gasteiger charge is 2.15. The van der Waals surface area contributed by atoms with Crippen LogP contribution in [0.1, 0.15) is 19.9 Å². The minimum Gasteiger partial charge on any atom is -0.292 e. The van der Waals surface area contributed by atoms with Crippen LogP contribution in [-0.2, 0) is 0 Å². The SMILES string of the molecule is CC(C)n1c(=O)ccc2cnc(S(C)(O)O)nc21. The third kappa shape index (κ3) is 2.24. The van der Waals surface area contributed by atoms with Gasteiger partial charge in [-0.1, -0.05) is 0 Å². The maximum Gasteiger partial charge on any atom is 0.252 e. The molecule has 2 aromatic heterocycles. The molecule has 0 aliphatic rings. The molecule has 2 aromatic rings. The summed E-state index contributed by atoms with van der Waals surface area (Å²) in [6.07, 6.45) is 2.75. The molecule has 0 aliphatic carbocycles. The minimum absolute atomic E-state index is 0.0463. The molecule has 0 aliphatic heterocycles. The maximum atomic E-state index is 11.8. The number of pyridine rings is 1. The van der Waals surface area contributed by atoms with Crippen molar-refractivity contribution in [1.29, 1.82) is 0 Å². The molecule has 0 atom stereocenters. The van der Waals surface area contributed by atoms with Crippen molar-refractivity contribution in [3.05, 3.63) is 28.7 Å². The summed E-state index contributed by atoms with van der Waals surface area (Å²) < 4.78 is 20.7. The predicted octanol–water partition coefficient (Wildman–Crippen LogP) is 2.11. The Morgan fingerprint density at radius 3 is 2.56 bits per heavy atom. The number of nitrogens with zero attached hydrogens (tertiary/aromatic N) is 3. The van der Waals surface area contributed by atoms with Crippen LogP contribution in [0.4, 0.5) is 0 Å². The molecule has 2 heterocycles. The summed E-state index contributed by atoms with van der Waals surface area (Å²) in [7, 11) is -2.99. The molecule has 7 heteroatoms. The van der Waals surface area contributed by atoms with Gasteiger partial charge in [0, 0.05) is 29.9 Å².